The van der Waals surface area contributed by atoms with Crippen molar-refractivity contribution in [3.05, 3.63) is 34.3 Å². The van der Waals surface area contributed by atoms with E-state index in [4.69, 9.17) is 10.5 Å². The second-order valence-corrected chi connectivity index (χ2v) is 4.75. The Labute approximate surface area is 110 Å². The fourth-order valence-corrected chi connectivity index (χ4v) is 2.03. The Morgan fingerprint density at radius 2 is 2.18 bits per heavy atom. The topological polar surface area (TPSA) is 52.3 Å². The summed E-state index contributed by atoms with van der Waals surface area (Å²) in [5.41, 5.74) is 7.16. The average molecular weight is 300 g/mol. The lowest BCUT2D eigenvalue weighted by Gasteiger charge is -2.12. The maximum absolute atomic E-state index is 11.2. The molecule has 0 aliphatic heterocycles. The molecule has 2 N–H and O–H groups in total. The molecule has 1 rings (SSSR count). The molecule has 3 nitrogen and oxygen atoms in total. The van der Waals surface area contributed by atoms with Crippen molar-refractivity contribution >= 4 is 21.9 Å². The Balaban J connectivity index is 2.37. The predicted molar refractivity (Wildman–Crippen MR) is 71.7 cm³/mol. The van der Waals surface area contributed by atoms with Crippen LogP contribution in [0.2, 0.25) is 0 Å². The zero-order valence-corrected chi connectivity index (χ0v) is 11.6. The van der Waals surface area contributed by atoms with Gasteiger partial charge in [0.05, 0.1) is 6.61 Å². The van der Waals surface area contributed by atoms with Gasteiger partial charge in [-0.2, -0.15) is 0 Å². The van der Waals surface area contributed by atoms with Crippen LogP contribution in [0.4, 0.5) is 0 Å². The van der Waals surface area contributed by atoms with Crippen molar-refractivity contribution in [1.29, 1.82) is 0 Å². The third-order valence-electron chi connectivity index (χ3n) is 2.46. The standard InChI is InChI=1S/C13H18BrNO2/c1-2-17-13(16)8-7-11(15)9-10-5-3-4-6-12(10)14/h3-6,11H,2,7-9,15H2,1H3. The van der Waals surface area contributed by atoms with Gasteiger partial charge in [-0.1, -0.05) is 34.1 Å². The molecule has 0 aliphatic carbocycles. The van der Waals surface area contributed by atoms with Gasteiger partial charge in [0.2, 0.25) is 0 Å². The summed E-state index contributed by atoms with van der Waals surface area (Å²) in [5, 5.41) is 0. The molecule has 0 spiro atoms. The monoisotopic (exact) mass is 299 g/mol. The van der Waals surface area contributed by atoms with Crippen molar-refractivity contribution in [2.24, 2.45) is 5.73 Å². The van der Waals surface area contributed by atoms with Crippen molar-refractivity contribution < 1.29 is 9.53 Å². The van der Waals surface area contributed by atoms with Gasteiger partial charge in [-0.15, -0.1) is 0 Å². The summed E-state index contributed by atoms with van der Waals surface area (Å²) in [6, 6.07) is 7.97. The van der Waals surface area contributed by atoms with Crippen molar-refractivity contribution in [1.82, 2.24) is 0 Å². The lowest BCUT2D eigenvalue weighted by Crippen LogP contribution is -2.24. The Morgan fingerprint density at radius 3 is 2.82 bits per heavy atom. The van der Waals surface area contributed by atoms with Gasteiger partial charge in [-0.3, -0.25) is 4.79 Å². The van der Waals surface area contributed by atoms with Gasteiger partial charge in [0.1, 0.15) is 0 Å². The highest BCUT2D eigenvalue weighted by atomic mass is 79.9. The van der Waals surface area contributed by atoms with Crippen molar-refractivity contribution in [3.8, 4) is 0 Å². The molecule has 0 amide bonds. The molecule has 0 fully saturated rings. The first-order valence-electron chi connectivity index (χ1n) is 5.78. The molecule has 1 aromatic carbocycles. The van der Waals surface area contributed by atoms with Crippen LogP contribution in [0, 0.1) is 0 Å². The fraction of sp³-hybridized carbons (Fsp3) is 0.462. The zero-order chi connectivity index (χ0) is 12.7. The number of carbonyl (C=O) groups excluding carboxylic acids is 1. The van der Waals surface area contributed by atoms with Crippen LogP contribution in [0.3, 0.4) is 0 Å². The van der Waals surface area contributed by atoms with E-state index in [-0.39, 0.29) is 12.0 Å². The summed E-state index contributed by atoms with van der Waals surface area (Å²) in [6.45, 7) is 2.23. The first-order valence-corrected chi connectivity index (χ1v) is 6.57. The molecular weight excluding hydrogens is 282 g/mol. The number of halogens is 1. The van der Waals surface area contributed by atoms with Gasteiger partial charge >= 0.3 is 5.97 Å². The predicted octanol–water partition coefficient (Wildman–Crippen LogP) is 2.66. The first kappa shape index (κ1) is 14.2. The lowest BCUT2D eigenvalue weighted by molar-refractivity contribution is -0.143. The molecule has 17 heavy (non-hydrogen) atoms. The normalized spacial score (nSPS) is 12.2. The molecule has 0 radical (unpaired) electrons. The average Bonchev–Trinajstić information content (AvgIpc) is 2.30. The van der Waals surface area contributed by atoms with E-state index in [1.54, 1.807) is 6.92 Å². The summed E-state index contributed by atoms with van der Waals surface area (Å²) in [5.74, 6) is -0.171. The minimum atomic E-state index is -0.171. The molecule has 0 aliphatic rings. The lowest BCUT2D eigenvalue weighted by atomic mass is 10.0. The molecule has 0 aromatic heterocycles. The van der Waals surface area contributed by atoms with E-state index in [9.17, 15) is 4.79 Å². The summed E-state index contributed by atoms with van der Waals surface area (Å²) in [4.78, 5) is 11.2. The molecule has 0 saturated heterocycles. The quantitative estimate of drug-likeness (QED) is 0.822. The van der Waals surface area contributed by atoms with Crippen LogP contribution >= 0.6 is 15.9 Å². The second kappa shape index (κ2) is 7.45. The maximum Gasteiger partial charge on any atom is 0.305 e. The van der Waals surface area contributed by atoms with Crippen LogP contribution in [-0.2, 0) is 16.0 Å². The molecular formula is C13H18BrNO2. The third kappa shape index (κ3) is 5.33. The molecule has 0 saturated carbocycles. The number of esters is 1. The Kier molecular flexibility index (Phi) is 6.22. The highest BCUT2D eigenvalue weighted by Crippen LogP contribution is 2.18. The minimum absolute atomic E-state index is 0.0156. The first-order chi connectivity index (χ1) is 8.13. The van der Waals surface area contributed by atoms with E-state index in [1.807, 2.05) is 24.3 Å². The third-order valence-corrected chi connectivity index (χ3v) is 3.24. The van der Waals surface area contributed by atoms with E-state index in [0.29, 0.717) is 19.4 Å². The van der Waals surface area contributed by atoms with Gasteiger partial charge in [0, 0.05) is 16.9 Å². The van der Waals surface area contributed by atoms with Crippen LogP contribution < -0.4 is 5.73 Å². The minimum Gasteiger partial charge on any atom is -0.466 e. The summed E-state index contributed by atoms with van der Waals surface area (Å²) >= 11 is 3.48. The molecule has 94 valence electrons. The van der Waals surface area contributed by atoms with Crippen molar-refractivity contribution in [2.75, 3.05) is 6.61 Å². The Hall–Kier alpha value is -0.870. The number of hydrogen-bond acceptors (Lipinski definition) is 3. The molecule has 1 unspecified atom stereocenters. The number of hydrogen-bond donors (Lipinski definition) is 1. The number of carbonyl (C=O) groups is 1. The molecule has 0 bridgehead atoms. The Bertz CT molecular complexity index is 368. The zero-order valence-electron chi connectivity index (χ0n) is 9.99. The highest BCUT2D eigenvalue weighted by Gasteiger charge is 2.09. The van der Waals surface area contributed by atoms with Crippen LogP contribution in [0.25, 0.3) is 0 Å². The van der Waals surface area contributed by atoms with E-state index in [0.717, 1.165) is 10.9 Å². The van der Waals surface area contributed by atoms with Crippen LogP contribution in [0.1, 0.15) is 25.3 Å². The summed E-state index contributed by atoms with van der Waals surface area (Å²) in [7, 11) is 0. The molecule has 1 atom stereocenters. The maximum atomic E-state index is 11.2. The summed E-state index contributed by atoms with van der Waals surface area (Å²) < 4.78 is 5.92. The van der Waals surface area contributed by atoms with Gasteiger partial charge < -0.3 is 10.5 Å². The van der Waals surface area contributed by atoms with E-state index in [2.05, 4.69) is 15.9 Å². The molecule has 1 aromatic rings. The van der Waals surface area contributed by atoms with Gasteiger partial charge in [0.25, 0.3) is 0 Å². The van der Waals surface area contributed by atoms with Crippen LogP contribution in [0.5, 0.6) is 0 Å². The number of rotatable bonds is 6. The molecule has 0 heterocycles. The second-order valence-electron chi connectivity index (χ2n) is 3.90. The number of ether oxygens (including phenoxy) is 1. The largest absolute Gasteiger partial charge is 0.466 e. The Morgan fingerprint density at radius 1 is 1.47 bits per heavy atom. The number of nitrogens with two attached hydrogens (primary N) is 1. The highest BCUT2D eigenvalue weighted by molar-refractivity contribution is 9.10. The number of benzene rings is 1. The SMILES string of the molecule is CCOC(=O)CCC(N)Cc1ccccc1Br. The van der Waals surface area contributed by atoms with Crippen LogP contribution in [0.15, 0.2) is 28.7 Å². The fourth-order valence-electron chi connectivity index (χ4n) is 1.58. The van der Waals surface area contributed by atoms with Crippen molar-refractivity contribution in [3.63, 3.8) is 0 Å². The summed E-state index contributed by atoms with van der Waals surface area (Å²) in [6.07, 6.45) is 1.81. The van der Waals surface area contributed by atoms with Crippen LogP contribution in [-0.4, -0.2) is 18.6 Å². The van der Waals surface area contributed by atoms with Crippen molar-refractivity contribution in [2.45, 2.75) is 32.2 Å². The van der Waals surface area contributed by atoms with Gasteiger partial charge in [-0.25, -0.2) is 0 Å². The molecule has 4 heteroatoms. The van der Waals surface area contributed by atoms with E-state index < -0.39 is 0 Å². The van der Waals surface area contributed by atoms with E-state index in [1.165, 1.54) is 5.56 Å². The van der Waals surface area contributed by atoms with E-state index >= 15 is 0 Å². The van der Waals surface area contributed by atoms with Gasteiger partial charge in [-0.05, 0) is 31.4 Å². The smallest absolute Gasteiger partial charge is 0.305 e. The van der Waals surface area contributed by atoms with Gasteiger partial charge in [0.15, 0.2) is 0 Å².